The number of ether oxygens (including phenoxy) is 1. The number of hydrogen-bond acceptors (Lipinski definition) is 3. The summed E-state index contributed by atoms with van der Waals surface area (Å²) < 4.78 is 5.76. The first-order valence-electron chi connectivity index (χ1n) is 3.92. The van der Waals surface area contributed by atoms with Gasteiger partial charge in [0.15, 0.2) is 0 Å². The maximum absolute atomic E-state index is 10.2. The van der Waals surface area contributed by atoms with Crippen molar-refractivity contribution in [1.29, 1.82) is 0 Å². The zero-order valence-corrected chi connectivity index (χ0v) is 8.82. The van der Waals surface area contributed by atoms with Crippen molar-refractivity contribution in [2.75, 3.05) is 6.61 Å². The number of phenols is 1. The van der Waals surface area contributed by atoms with Gasteiger partial charge in [-0.25, -0.2) is 0 Å². The molecule has 1 rings (SSSR count). The second-order valence-electron chi connectivity index (χ2n) is 2.61. The second-order valence-corrected chi connectivity index (χ2v) is 3.46. The van der Waals surface area contributed by atoms with Gasteiger partial charge < -0.3 is 14.9 Å². The van der Waals surface area contributed by atoms with E-state index in [9.17, 15) is 4.79 Å². The van der Waals surface area contributed by atoms with Crippen LogP contribution in [0.3, 0.4) is 0 Å². The fourth-order valence-corrected chi connectivity index (χ4v) is 1.34. The fraction of sp³-hybridized carbons (Fsp3) is 0.222. The molecule has 1 aromatic rings. The van der Waals surface area contributed by atoms with Gasteiger partial charge in [0.2, 0.25) is 0 Å². The van der Waals surface area contributed by atoms with E-state index < -0.39 is 5.97 Å². The third kappa shape index (κ3) is 3.26. The smallest absolute Gasteiger partial charge is 0.306 e. The molecule has 2 N–H and O–H groups in total. The Morgan fingerprint density at radius 1 is 1.50 bits per heavy atom. The molecule has 0 amide bonds. The summed E-state index contributed by atoms with van der Waals surface area (Å²) in [7, 11) is 0. The number of aliphatic carboxylic acids is 1. The van der Waals surface area contributed by atoms with Crippen molar-refractivity contribution in [3.05, 3.63) is 22.7 Å². The number of benzene rings is 1. The molecule has 0 bridgehead atoms. The summed E-state index contributed by atoms with van der Waals surface area (Å²) >= 11 is 3.18. The molecule has 0 radical (unpaired) electrons. The van der Waals surface area contributed by atoms with Gasteiger partial charge in [-0.1, -0.05) is 0 Å². The molecule has 0 atom stereocenters. The molecule has 76 valence electrons. The van der Waals surface area contributed by atoms with Crippen LogP contribution in [0.25, 0.3) is 0 Å². The lowest BCUT2D eigenvalue weighted by Crippen LogP contribution is -2.04. The Bertz CT molecular complexity index is 338. The predicted octanol–water partition coefficient (Wildman–Crippen LogP) is 2.01. The number of carboxylic acid groups (broad SMARTS) is 1. The topological polar surface area (TPSA) is 66.8 Å². The number of hydrogen-bond donors (Lipinski definition) is 2. The van der Waals surface area contributed by atoms with Gasteiger partial charge in [0.1, 0.15) is 11.5 Å². The lowest BCUT2D eigenvalue weighted by Gasteiger charge is -2.06. The maximum Gasteiger partial charge on any atom is 0.306 e. The zero-order chi connectivity index (χ0) is 10.6. The van der Waals surface area contributed by atoms with Crippen LogP contribution in [0.15, 0.2) is 22.7 Å². The molecule has 0 aromatic heterocycles. The second kappa shape index (κ2) is 4.85. The number of halogens is 1. The Morgan fingerprint density at radius 3 is 2.79 bits per heavy atom. The number of rotatable bonds is 4. The Kier molecular flexibility index (Phi) is 3.76. The molecule has 0 spiro atoms. The van der Waals surface area contributed by atoms with Crippen molar-refractivity contribution < 1.29 is 19.7 Å². The molecule has 0 unspecified atom stereocenters. The summed E-state index contributed by atoms with van der Waals surface area (Å²) in [5.41, 5.74) is 0. The first kappa shape index (κ1) is 10.8. The summed E-state index contributed by atoms with van der Waals surface area (Å²) in [5.74, 6) is -0.258. The Labute approximate surface area is 89.3 Å². The molecular weight excluding hydrogens is 252 g/mol. The molecule has 0 heterocycles. The minimum atomic E-state index is -0.903. The summed E-state index contributed by atoms with van der Waals surface area (Å²) in [6, 6.07) is 4.53. The average Bonchev–Trinajstić information content (AvgIpc) is 2.08. The third-order valence-corrected chi connectivity index (χ3v) is 2.11. The van der Waals surface area contributed by atoms with E-state index in [2.05, 4.69) is 15.9 Å². The van der Waals surface area contributed by atoms with E-state index in [0.717, 1.165) is 0 Å². The van der Waals surface area contributed by atoms with Crippen LogP contribution >= 0.6 is 15.9 Å². The first-order valence-corrected chi connectivity index (χ1v) is 4.72. The number of carbonyl (C=O) groups is 1. The van der Waals surface area contributed by atoms with Crippen LogP contribution in [0, 0.1) is 0 Å². The van der Waals surface area contributed by atoms with Crippen LogP contribution in [0.1, 0.15) is 6.42 Å². The molecule has 0 saturated carbocycles. The van der Waals surface area contributed by atoms with Gasteiger partial charge in [0, 0.05) is 0 Å². The summed E-state index contributed by atoms with van der Waals surface area (Å²) in [4.78, 5) is 10.2. The van der Waals surface area contributed by atoms with Crippen molar-refractivity contribution >= 4 is 21.9 Å². The molecule has 0 aliphatic rings. The average molecular weight is 261 g/mol. The van der Waals surface area contributed by atoms with Gasteiger partial charge in [-0.3, -0.25) is 4.79 Å². The third-order valence-electron chi connectivity index (χ3n) is 1.49. The Hall–Kier alpha value is -1.23. The van der Waals surface area contributed by atoms with Gasteiger partial charge in [0.05, 0.1) is 17.5 Å². The van der Waals surface area contributed by atoms with Crippen LogP contribution in [0.5, 0.6) is 11.5 Å². The highest BCUT2D eigenvalue weighted by molar-refractivity contribution is 9.10. The fourth-order valence-electron chi connectivity index (χ4n) is 0.855. The van der Waals surface area contributed by atoms with E-state index in [-0.39, 0.29) is 18.8 Å². The zero-order valence-electron chi connectivity index (χ0n) is 7.24. The van der Waals surface area contributed by atoms with Crippen molar-refractivity contribution in [2.45, 2.75) is 6.42 Å². The Balaban J connectivity index is 2.55. The first-order chi connectivity index (χ1) is 6.59. The molecule has 5 heteroatoms. The molecule has 4 nitrogen and oxygen atoms in total. The van der Waals surface area contributed by atoms with Gasteiger partial charge in [0.25, 0.3) is 0 Å². The molecular formula is C9H9BrO4. The lowest BCUT2D eigenvalue weighted by atomic mass is 10.3. The van der Waals surface area contributed by atoms with Gasteiger partial charge >= 0.3 is 5.97 Å². The summed E-state index contributed by atoms with van der Waals surface area (Å²) in [5, 5.41) is 17.4. The number of carboxylic acids is 1. The number of phenolic OH excluding ortho intramolecular Hbond substituents is 1. The standard InChI is InChI=1S/C9H9BrO4/c10-7-5-6(11)1-2-8(7)14-4-3-9(12)13/h1-2,5,11H,3-4H2,(H,12,13). The van der Waals surface area contributed by atoms with E-state index >= 15 is 0 Å². The highest BCUT2D eigenvalue weighted by Crippen LogP contribution is 2.28. The van der Waals surface area contributed by atoms with Crippen molar-refractivity contribution in [1.82, 2.24) is 0 Å². The highest BCUT2D eigenvalue weighted by Gasteiger charge is 2.03. The number of aromatic hydroxyl groups is 1. The lowest BCUT2D eigenvalue weighted by molar-refractivity contribution is -0.137. The van der Waals surface area contributed by atoms with Crippen molar-refractivity contribution in [3.63, 3.8) is 0 Å². The molecule has 14 heavy (non-hydrogen) atoms. The van der Waals surface area contributed by atoms with Gasteiger partial charge in [-0.2, -0.15) is 0 Å². The quantitative estimate of drug-likeness (QED) is 0.869. The van der Waals surface area contributed by atoms with E-state index in [4.69, 9.17) is 14.9 Å². The minimum absolute atomic E-state index is 0.0483. The van der Waals surface area contributed by atoms with Crippen LogP contribution in [0.4, 0.5) is 0 Å². The van der Waals surface area contributed by atoms with Crippen LogP contribution < -0.4 is 4.74 Å². The molecule has 0 aliphatic carbocycles. The van der Waals surface area contributed by atoms with Gasteiger partial charge in [-0.05, 0) is 34.1 Å². The molecule has 0 saturated heterocycles. The van der Waals surface area contributed by atoms with Crippen molar-refractivity contribution in [2.24, 2.45) is 0 Å². The largest absolute Gasteiger partial charge is 0.508 e. The van der Waals surface area contributed by atoms with Crippen LogP contribution in [-0.2, 0) is 4.79 Å². The van der Waals surface area contributed by atoms with E-state index in [0.29, 0.717) is 10.2 Å². The van der Waals surface area contributed by atoms with E-state index in [1.807, 2.05) is 0 Å². The SMILES string of the molecule is O=C(O)CCOc1ccc(O)cc1Br. The van der Waals surface area contributed by atoms with Crippen LogP contribution in [0.2, 0.25) is 0 Å². The summed E-state index contributed by atoms with van der Waals surface area (Å²) in [6.07, 6.45) is -0.0483. The molecule has 1 aromatic carbocycles. The maximum atomic E-state index is 10.2. The molecule has 0 aliphatic heterocycles. The normalized spacial score (nSPS) is 9.79. The molecule has 0 fully saturated rings. The van der Waals surface area contributed by atoms with E-state index in [1.54, 1.807) is 6.07 Å². The van der Waals surface area contributed by atoms with Crippen LogP contribution in [-0.4, -0.2) is 22.8 Å². The predicted molar refractivity (Wildman–Crippen MR) is 53.6 cm³/mol. The van der Waals surface area contributed by atoms with Gasteiger partial charge in [-0.15, -0.1) is 0 Å². The minimum Gasteiger partial charge on any atom is -0.508 e. The monoisotopic (exact) mass is 260 g/mol. The van der Waals surface area contributed by atoms with E-state index in [1.165, 1.54) is 12.1 Å². The summed E-state index contributed by atoms with van der Waals surface area (Å²) in [6.45, 7) is 0.110. The highest BCUT2D eigenvalue weighted by atomic mass is 79.9. The van der Waals surface area contributed by atoms with Crippen molar-refractivity contribution in [3.8, 4) is 11.5 Å². The Morgan fingerprint density at radius 2 is 2.21 bits per heavy atom.